The lowest BCUT2D eigenvalue weighted by molar-refractivity contribution is 0.0697. The van der Waals surface area contributed by atoms with Gasteiger partial charge in [0.05, 0.1) is 16.9 Å². The number of amides is 1. The molecule has 0 aliphatic carbocycles. The Morgan fingerprint density at radius 2 is 1.76 bits per heavy atom. The zero-order chi connectivity index (χ0) is 15.6. The zero-order valence-electron chi connectivity index (χ0n) is 11.3. The van der Waals surface area contributed by atoms with E-state index in [-0.39, 0.29) is 22.6 Å². The van der Waals surface area contributed by atoms with E-state index in [1.807, 2.05) is 0 Å². The van der Waals surface area contributed by atoms with Crippen LogP contribution in [0.4, 0.5) is 11.4 Å². The van der Waals surface area contributed by atoms with E-state index < -0.39 is 11.9 Å². The molecule has 0 atom stereocenters. The summed E-state index contributed by atoms with van der Waals surface area (Å²) in [5, 5.41) is 21.0. The second kappa shape index (κ2) is 5.54. The van der Waals surface area contributed by atoms with Crippen LogP contribution >= 0.6 is 0 Å². The van der Waals surface area contributed by atoms with E-state index in [2.05, 4.69) is 5.32 Å². The predicted molar refractivity (Wildman–Crippen MR) is 78.6 cm³/mol. The number of phenols is 1. The van der Waals surface area contributed by atoms with Crippen LogP contribution in [-0.2, 0) is 0 Å². The predicted octanol–water partition coefficient (Wildman–Crippen LogP) is 2.23. The van der Waals surface area contributed by atoms with Crippen LogP contribution in [0, 0.1) is 6.92 Å². The number of anilines is 2. The summed E-state index contributed by atoms with van der Waals surface area (Å²) in [5.41, 5.74) is 7.16. The number of hydrogen-bond donors (Lipinski definition) is 4. The molecule has 0 heterocycles. The third kappa shape index (κ3) is 3.11. The normalized spacial score (nSPS) is 10.1. The van der Waals surface area contributed by atoms with Crippen LogP contribution in [0.2, 0.25) is 0 Å². The number of carboxylic acid groups (broad SMARTS) is 1. The van der Waals surface area contributed by atoms with Crippen LogP contribution in [0.25, 0.3) is 0 Å². The van der Waals surface area contributed by atoms with Gasteiger partial charge in [-0.2, -0.15) is 0 Å². The molecule has 2 aromatic rings. The van der Waals surface area contributed by atoms with Gasteiger partial charge in [-0.05, 0) is 42.8 Å². The number of hydrogen-bond acceptors (Lipinski definition) is 4. The Balaban J connectivity index is 2.23. The minimum atomic E-state index is -1.09. The number of aromatic hydroxyl groups is 1. The standard InChI is InChI=1S/C15H14N2O4/c1-8-2-3-9(7-13(8)18)14(19)17-12-5-4-10(15(20)21)6-11(12)16/h2-7,18H,16H2,1H3,(H,17,19)(H,20,21). The van der Waals surface area contributed by atoms with Crippen molar-refractivity contribution in [3.63, 3.8) is 0 Å². The molecular formula is C15H14N2O4. The molecule has 21 heavy (non-hydrogen) atoms. The van der Waals surface area contributed by atoms with Crippen molar-refractivity contribution in [3.05, 3.63) is 53.1 Å². The fourth-order valence-corrected chi connectivity index (χ4v) is 1.75. The molecule has 108 valence electrons. The minimum absolute atomic E-state index is 0.0249. The molecule has 2 rings (SSSR count). The number of carboxylic acids is 1. The number of carbonyl (C=O) groups excluding carboxylic acids is 1. The summed E-state index contributed by atoms with van der Waals surface area (Å²) < 4.78 is 0. The number of nitrogen functional groups attached to an aromatic ring is 1. The summed E-state index contributed by atoms with van der Waals surface area (Å²) in [6.07, 6.45) is 0. The van der Waals surface area contributed by atoms with Gasteiger partial charge in [0.15, 0.2) is 0 Å². The molecule has 0 fully saturated rings. The lowest BCUT2D eigenvalue weighted by Crippen LogP contribution is -2.13. The molecule has 0 spiro atoms. The third-order valence-corrected chi connectivity index (χ3v) is 3.02. The summed E-state index contributed by atoms with van der Waals surface area (Å²) in [4.78, 5) is 22.9. The van der Waals surface area contributed by atoms with Gasteiger partial charge >= 0.3 is 5.97 Å². The van der Waals surface area contributed by atoms with Crippen molar-refractivity contribution < 1.29 is 19.8 Å². The van der Waals surface area contributed by atoms with E-state index in [9.17, 15) is 14.7 Å². The van der Waals surface area contributed by atoms with Gasteiger partial charge in [0, 0.05) is 5.56 Å². The second-order valence-corrected chi connectivity index (χ2v) is 4.56. The van der Waals surface area contributed by atoms with Crippen molar-refractivity contribution in [1.82, 2.24) is 0 Å². The van der Waals surface area contributed by atoms with Gasteiger partial charge in [0.2, 0.25) is 0 Å². The molecule has 0 aliphatic heterocycles. The number of benzene rings is 2. The van der Waals surface area contributed by atoms with Crippen molar-refractivity contribution >= 4 is 23.3 Å². The first kappa shape index (κ1) is 14.4. The number of carbonyl (C=O) groups is 2. The average molecular weight is 286 g/mol. The SMILES string of the molecule is Cc1ccc(C(=O)Nc2ccc(C(=O)O)cc2N)cc1O. The molecule has 6 heteroatoms. The van der Waals surface area contributed by atoms with Gasteiger partial charge < -0.3 is 21.3 Å². The molecule has 5 N–H and O–H groups in total. The number of phenolic OH excluding ortho intramolecular Hbond substituents is 1. The molecular weight excluding hydrogens is 272 g/mol. The summed E-state index contributed by atoms with van der Waals surface area (Å²) in [6, 6.07) is 8.59. The molecule has 0 bridgehead atoms. The highest BCUT2D eigenvalue weighted by Gasteiger charge is 2.11. The quantitative estimate of drug-likeness (QED) is 0.646. The molecule has 1 amide bonds. The van der Waals surface area contributed by atoms with E-state index >= 15 is 0 Å². The molecule has 0 unspecified atom stereocenters. The Bertz CT molecular complexity index is 726. The van der Waals surface area contributed by atoms with Crippen LogP contribution in [0.15, 0.2) is 36.4 Å². The Morgan fingerprint density at radius 3 is 2.33 bits per heavy atom. The number of rotatable bonds is 3. The largest absolute Gasteiger partial charge is 0.508 e. The molecule has 0 aromatic heterocycles. The van der Waals surface area contributed by atoms with Gasteiger partial charge in [-0.3, -0.25) is 4.79 Å². The monoisotopic (exact) mass is 286 g/mol. The van der Waals surface area contributed by atoms with Crippen molar-refractivity contribution in [3.8, 4) is 5.75 Å². The highest BCUT2D eigenvalue weighted by Crippen LogP contribution is 2.22. The fraction of sp³-hybridized carbons (Fsp3) is 0.0667. The van der Waals surface area contributed by atoms with Gasteiger partial charge in [-0.25, -0.2) is 4.79 Å². The molecule has 0 aliphatic rings. The smallest absolute Gasteiger partial charge is 0.335 e. The number of aryl methyl sites for hydroxylation is 1. The van der Waals surface area contributed by atoms with Crippen molar-refractivity contribution in [1.29, 1.82) is 0 Å². The lowest BCUT2D eigenvalue weighted by Gasteiger charge is -2.09. The summed E-state index contributed by atoms with van der Waals surface area (Å²) in [5.74, 6) is -1.51. The van der Waals surface area contributed by atoms with Crippen molar-refractivity contribution in [2.24, 2.45) is 0 Å². The highest BCUT2D eigenvalue weighted by atomic mass is 16.4. The maximum atomic E-state index is 12.1. The zero-order valence-corrected chi connectivity index (χ0v) is 11.3. The molecule has 2 aromatic carbocycles. The van der Waals surface area contributed by atoms with Crippen molar-refractivity contribution in [2.45, 2.75) is 6.92 Å². The maximum absolute atomic E-state index is 12.1. The molecule has 0 radical (unpaired) electrons. The number of nitrogens with two attached hydrogens (primary N) is 1. The Kier molecular flexibility index (Phi) is 3.80. The van der Waals surface area contributed by atoms with E-state index in [4.69, 9.17) is 10.8 Å². The average Bonchev–Trinajstić information content (AvgIpc) is 2.43. The van der Waals surface area contributed by atoms with Gasteiger partial charge in [0.1, 0.15) is 5.75 Å². The molecule has 6 nitrogen and oxygen atoms in total. The lowest BCUT2D eigenvalue weighted by atomic mass is 10.1. The summed E-state index contributed by atoms with van der Waals surface area (Å²) in [6.45, 7) is 1.72. The fourth-order valence-electron chi connectivity index (χ4n) is 1.75. The van der Waals surface area contributed by atoms with E-state index in [0.717, 1.165) is 0 Å². The first-order valence-electron chi connectivity index (χ1n) is 6.12. The van der Waals surface area contributed by atoms with E-state index in [1.165, 1.54) is 24.3 Å². The maximum Gasteiger partial charge on any atom is 0.335 e. The minimum Gasteiger partial charge on any atom is -0.508 e. The Morgan fingerprint density at radius 1 is 1.10 bits per heavy atom. The Hall–Kier alpha value is -3.02. The van der Waals surface area contributed by atoms with E-state index in [0.29, 0.717) is 11.3 Å². The van der Waals surface area contributed by atoms with Gasteiger partial charge in [-0.15, -0.1) is 0 Å². The van der Waals surface area contributed by atoms with Crippen LogP contribution in [-0.4, -0.2) is 22.1 Å². The number of aromatic carboxylic acids is 1. The van der Waals surface area contributed by atoms with Gasteiger partial charge in [0.25, 0.3) is 5.91 Å². The highest BCUT2D eigenvalue weighted by molar-refractivity contribution is 6.06. The summed E-state index contributed by atoms with van der Waals surface area (Å²) >= 11 is 0. The first-order valence-corrected chi connectivity index (χ1v) is 6.12. The second-order valence-electron chi connectivity index (χ2n) is 4.56. The van der Waals surface area contributed by atoms with Gasteiger partial charge in [-0.1, -0.05) is 6.07 Å². The summed E-state index contributed by atoms with van der Waals surface area (Å²) in [7, 11) is 0. The van der Waals surface area contributed by atoms with Crippen molar-refractivity contribution in [2.75, 3.05) is 11.1 Å². The van der Waals surface area contributed by atoms with Crippen LogP contribution in [0.5, 0.6) is 5.75 Å². The topological polar surface area (TPSA) is 113 Å². The molecule has 0 saturated carbocycles. The first-order chi connectivity index (χ1) is 9.88. The van der Waals surface area contributed by atoms with Crippen LogP contribution < -0.4 is 11.1 Å². The third-order valence-electron chi connectivity index (χ3n) is 3.02. The Labute approximate surface area is 120 Å². The number of nitrogens with one attached hydrogen (secondary N) is 1. The van der Waals surface area contributed by atoms with E-state index in [1.54, 1.807) is 19.1 Å². The molecule has 0 saturated heterocycles. The van der Waals surface area contributed by atoms with Crippen LogP contribution in [0.3, 0.4) is 0 Å². The van der Waals surface area contributed by atoms with Crippen LogP contribution in [0.1, 0.15) is 26.3 Å².